The smallest absolute Gasteiger partial charge is 0.134 e. The van der Waals surface area contributed by atoms with Gasteiger partial charge in [-0.05, 0) is 25.2 Å². The molecule has 2 N–H and O–H groups in total. The van der Waals surface area contributed by atoms with E-state index in [1.54, 1.807) is 6.33 Å². The Bertz CT molecular complexity index is 499. The minimum atomic E-state index is 0.166. The summed E-state index contributed by atoms with van der Waals surface area (Å²) in [5, 5.41) is 19.0. The predicted octanol–water partition coefficient (Wildman–Crippen LogP) is 0.892. The third-order valence-electron chi connectivity index (χ3n) is 5.10. The first-order valence-electron chi connectivity index (χ1n) is 8.28. The second-order valence-electron chi connectivity index (χ2n) is 6.58. The molecule has 2 fully saturated rings. The van der Waals surface area contributed by atoms with Gasteiger partial charge in [-0.2, -0.15) is 0 Å². The molecule has 6 nitrogen and oxygen atoms in total. The van der Waals surface area contributed by atoms with Gasteiger partial charge in [0.15, 0.2) is 0 Å². The first-order chi connectivity index (χ1) is 10.7. The molecule has 122 valence electrons. The van der Waals surface area contributed by atoms with Crippen LogP contribution in [-0.4, -0.2) is 59.1 Å². The van der Waals surface area contributed by atoms with Gasteiger partial charge in [-0.25, -0.2) is 9.97 Å². The average Bonchev–Trinajstić information content (AvgIpc) is 2.96. The number of nitrogens with zero attached hydrogens (tertiary/aromatic N) is 4. The van der Waals surface area contributed by atoms with E-state index in [1.807, 2.05) is 6.07 Å². The van der Waals surface area contributed by atoms with Crippen LogP contribution in [0, 0.1) is 11.8 Å². The van der Waals surface area contributed by atoms with Crippen molar-refractivity contribution in [2.75, 3.05) is 42.6 Å². The van der Waals surface area contributed by atoms with Gasteiger partial charge in [0.25, 0.3) is 0 Å². The molecule has 2 saturated heterocycles. The maximum absolute atomic E-state index is 9.58. The molecule has 1 aromatic heterocycles. The molecule has 0 aliphatic carbocycles. The fourth-order valence-corrected chi connectivity index (χ4v) is 3.62. The number of rotatable bonds is 4. The van der Waals surface area contributed by atoms with Gasteiger partial charge in [-0.15, -0.1) is 0 Å². The fraction of sp³-hybridized carbons (Fsp3) is 0.750. The molecule has 3 rings (SSSR count). The number of aliphatic hydroxyl groups is 2. The lowest BCUT2D eigenvalue weighted by Gasteiger charge is -2.35. The number of hydrogen-bond acceptors (Lipinski definition) is 6. The molecule has 1 aromatic rings. The summed E-state index contributed by atoms with van der Waals surface area (Å²) in [6.45, 7) is 5.29. The summed E-state index contributed by atoms with van der Waals surface area (Å²) < 4.78 is 0. The van der Waals surface area contributed by atoms with Crippen molar-refractivity contribution in [2.45, 2.75) is 32.2 Å². The number of aromatic nitrogens is 2. The SMILES string of the molecule is C[C@@H]1CN(c2cc(N3CCCCC3CO)ncn2)C[C@H]1CO. The van der Waals surface area contributed by atoms with Crippen LogP contribution in [-0.2, 0) is 0 Å². The maximum atomic E-state index is 9.58. The van der Waals surface area contributed by atoms with Gasteiger partial charge < -0.3 is 20.0 Å². The Morgan fingerprint density at radius 3 is 2.68 bits per heavy atom. The summed E-state index contributed by atoms with van der Waals surface area (Å²) in [7, 11) is 0. The average molecular weight is 306 g/mol. The van der Waals surface area contributed by atoms with Crippen molar-refractivity contribution in [3.63, 3.8) is 0 Å². The molecule has 0 radical (unpaired) electrons. The molecule has 2 aliphatic heterocycles. The number of aliphatic hydroxyl groups excluding tert-OH is 2. The Labute approximate surface area is 131 Å². The van der Waals surface area contributed by atoms with Crippen molar-refractivity contribution in [1.29, 1.82) is 0 Å². The van der Waals surface area contributed by atoms with E-state index in [-0.39, 0.29) is 19.3 Å². The summed E-state index contributed by atoms with van der Waals surface area (Å²) in [6.07, 6.45) is 4.94. The van der Waals surface area contributed by atoms with Crippen LogP contribution in [0.5, 0.6) is 0 Å². The van der Waals surface area contributed by atoms with E-state index >= 15 is 0 Å². The first-order valence-corrected chi connectivity index (χ1v) is 8.28. The van der Waals surface area contributed by atoms with Crippen molar-refractivity contribution in [1.82, 2.24) is 9.97 Å². The van der Waals surface area contributed by atoms with E-state index in [0.717, 1.165) is 44.1 Å². The van der Waals surface area contributed by atoms with Crippen LogP contribution in [0.3, 0.4) is 0 Å². The normalized spacial score (nSPS) is 29.1. The summed E-state index contributed by atoms with van der Waals surface area (Å²) >= 11 is 0. The maximum Gasteiger partial charge on any atom is 0.134 e. The molecule has 3 heterocycles. The molecule has 0 bridgehead atoms. The zero-order chi connectivity index (χ0) is 15.5. The van der Waals surface area contributed by atoms with Crippen molar-refractivity contribution >= 4 is 11.6 Å². The van der Waals surface area contributed by atoms with Gasteiger partial charge in [-0.1, -0.05) is 6.92 Å². The first kappa shape index (κ1) is 15.5. The molecule has 0 aromatic carbocycles. The van der Waals surface area contributed by atoms with E-state index in [4.69, 9.17) is 0 Å². The van der Waals surface area contributed by atoms with Gasteiger partial charge in [-0.3, -0.25) is 0 Å². The van der Waals surface area contributed by atoms with Crippen LogP contribution < -0.4 is 9.80 Å². The molecule has 0 spiro atoms. The van der Waals surface area contributed by atoms with Gasteiger partial charge in [0.1, 0.15) is 18.0 Å². The van der Waals surface area contributed by atoms with Crippen LogP contribution in [0.15, 0.2) is 12.4 Å². The monoisotopic (exact) mass is 306 g/mol. The molecular weight excluding hydrogens is 280 g/mol. The zero-order valence-electron chi connectivity index (χ0n) is 13.2. The Morgan fingerprint density at radius 2 is 1.95 bits per heavy atom. The van der Waals surface area contributed by atoms with Crippen LogP contribution in [0.4, 0.5) is 11.6 Å². The van der Waals surface area contributed by atoms with E-state index in [9.17, 15) is 10.2 Å². The third kappa shape index (κ3) is 3.03. The lowest BCUT2D eigenvalue weighted by atomic mass is 10.00. The van der Waals surface area contributed by atoms with Gasteiger partial charge in [0.05, 0.1) is 12.6 Å². The quantitative estimate of drug-likeness (QED) is 0.861. The lowest BCUT2D eigenvalue weighted by Crippen LogP contribution is -2.42. The summed E-state index contributed by atoms with van der Waals surface area (Å²) in [4.78, 5) is 13.3. The minimum Gasteiger partial charge on any atom is -0.396 e. The molecule has 22 heavy (non-hydrogen) atoms. The Morgan fingerprint density at radius 1 is 1.14 bits per heavy atom. The van der Waals surface area contributed by atoms with Crippen LogP contribution in [0.1, 0.15) is 26.2 Å². The van der Waals surface area contributed by atoms with Crippen molar-refractivity contribution < 1.29 is 10.2 Å². The molecular formula is C16H26N4O2. The molecule has 2 aliphatic rings. The minimum absolute atomic E-state index is 0.166. The summed E-state index contributed by atoms with van der Waals surface area (Å²) in [5.41, 5.74) is 0. The molecule has 3 atom stereocenters. The van der Waals surface area contributed by atoms with Crippen LogP contribution in [0.25, 0.3) is 0 Å². The van der Waals surface area contributed by atoms with Gasteiger partial charge in [0.2, 0.25) is 0 Å². The van der Waals surface area contributed by atoms with Crippen molar-refractivity contribution in [2.24, 2.45) is 11.8 Å². The second kappa shape index (κ2) is 6.79. The molecule has 0 amide bonds. The highest BCUT2D eigenvalue weighted by molar-refractivity contribution is 5.51. The van der Waals surface area contributed by atoms with Crippen LogP contribution in [0.2, 0.25) is 0 Å². The van der Waals surface area contributed by atoms with E-state index in [1.165, 1.54) is 6.42 Å². The van der Waals surface area contributed by atoms with E-state index < -0.39 is 0 Å². The Kier molecular flexibility index (Phi) is 4.78. The van der Waals surface area contributed by atoms with Gasteiger partial charge in [0, 0.05) is 38.2 Å². The van der Waals surface area contributed by atoms with E-state index in [0.29, 0.717) is 11.8 Å². The fourth-order valence-electron chi connectivity index (χ4n) is 3.62. The van der Waals surface area contributed by atoms with Gasteiger partial charge >= 0.3 is 0 Å². The van der Waals surface area contributed by atoms with Crippen LogP contribution >= 0.6 is 0 Å². The largest absolute Gasteiger partial charge is 0.396 e. The third-order valence-corrected chi connectivity index (χ3v) is 5.10. The second-order valence-corrected chi connectivity index (χ2v) is 6.58. The number of piperidine rings is 1. The Hall–Kier alpha value is -1.40. The highest BCUT2D eigenvalue weighted by atomic mass is 16.3. The van der Waals surface area contributed by atoms with Crippen molar-refractivity contribution in [3.05, 3.63) is 12.4 Å². The lowest BCUT2D eigenvalue weighted by molar-refractivity contribution is 0.212. The standard InChI is InChI=1S/C16H26N4O2/c1-12-7-19(8-13(12)9-21)15-6-16(18-11-17-15)20-5-3-2-4-14(20)10-22/h6,11-14,21-22H,2-5,7-10H2,1H3/t12-,13+,14?/m1/s1. The van der Waals surface area contributed by atoms with Crippen molar-refractivity contribution in [3.8, 4) is 0 Å². The zero-order valence-corrected chi connectivity index (χ0v) is 13.2. The Balaban J connectivity index is 1.78. The number of anilines is 2. The predicted molar refractivity (Wildman–Crippen MR) is 86.1 cm³/mol. The highest BCUT2D eigenvalue weighted by Crippen LogP contribution is 2.29. The summed E-state index contributed by atoms with van der Waals surface area (Å²) in [6, 6.07) is 2.19. The van der Waals surface area contributed by atoms with E-state index in [2.05, 4.69) is 26.7 Å². The molecule has 6 heteroatoms. The topological polar surface area (TPSA) is 72.7 Å². The summed E-state index contributed by atoms with van der Waals surface area (Å²) in [5.74, 6) is 2.63. The molecule has 0 saturated carbocycles. The highest BCUT2D eigenvalue weighted by Gasteiger charge is 2.30. The molecule has 1 unspecified atom stereocenters. The number of hydrogen-bond donors (Lipinski definition) is 2.